The summed E-state index contributed by atoms with van der Waals surface area (Å²) in [6.45, 7) is 0. The molecule has 1 atom stereocenters. The van der Waals surface area contributed by atoms with Crippen LogP contribution in [0.4, 0.5) is 4.39 Å². The van der Waals surface area contributed by atoms with Crippen molar-refractivity contribution in [1.82, 2.24) is 15.2 Å². The van der Waals surface area contributed by atoms with E-state index in [1.54, 1.807) is 18.3 Å². The second-order valence-electron chi connectivity index (χ2n) is 4.77. The van der Waals surface area contributed by atoms with Crippen molar-refractivity contribution in [1.29, 1.82) is 0 Å². The molecule has 0 spiro atoms. The van der Waals surface area contributed by atoms with Crippen LogP contribution >= 0.6 is 11.3 Å². The molecule has 114 valence electrons. The number of thiazole rings is 1. The van der Waals surface area contributed by atoms with Crippen LogP contribution in [-0.2, 0) is 17.2 Å². The Morgan fingerprint density at radius 2 is 2.09 bits per heavy atom. The number of nitrogens with zero attached hydrogens (tertiary/aromatic N) is 2. The first-order chi connectivity index (χ1) is 10.7. The highest BCUT2D eigenvalue weighted by Crippen LogP contribution is 2.24. The Labute approximate surface area is 133 Å². The molecule has 0 aliphatic rings. The fraction of sp³-hybridized carbons (Fsp3) is 0.200. The quantitative estimate of drug-likeness (QED) is 0.751. The minimum atomic E-state index is -1.10. The minimum absolute atomic E-state index is 0.276. The normalized spacial score (nSPS) is 12.4. The van der Waals surface area contributed by atoms with Crippen molar-refractivity contribution in [3.63, 3.8) is 0 Å². The van der Waals surface area contributed by atoms with Crippen molar-refractivity contribution >= 4 is 22.1 Å². The fourth-order valence-corrected chi connectivity index (χ4v) is 4.18. The molecule has 2 aromatic heterocycles. The predicted molar refractivity (Wildman–Crippen MR) is 85.7 cm³/mol. The van der Waals surface area contributed by atoms with Gasteiger partial charge in [-0.2, -0.15) is 5.10 Å². The SMILES string of the molecule is O=S(CCCc1cn[nH]c1)c1nc(-c2ccc(F)cc2)cs1. The number of halogens is 1. The average Bonchev–Trinajstić information content (AvgIpc) is 3.19. The number of H-pyrrole nitrogens is 1. The van der Waals surface area contributed by atoms with E-state index in [-0.39, 0.29) is 5.82 Å². The maximum atomic E-state index is 12.9. The summed E-state index contributed by atoms with van der Waals surface area (Å²) in [6, 6.07) is 6.15. The zero-order valence-corrected chi connectivity index (χ0v) is 13.3. The topological polar surface area (TPSA) is 58.6 Å². The molecular formula is C15H14FN3OS2. The van der Waals surface area contributed by atoms with Gasteiger partial charge in [0.05, 0.1) is 22.7 Å². The van der Waals surface area contributed by atoms with Crippen molar-refractivity contribution in [2.45, 2.75) is 17.2 Å². The summed E-state index contributed by atoms with van der Waals surface area (Å²) in [6.07, 6.45) is 5.29. The molecule has 0 bridgehead atoms. The van der Waals surface area contributed by atoms with E-state index in [2.05, 4.69) is 15.2 Å². The minimum Gasteiger partial charge on any atom is -0.285 e. The van der Waals surface area contributed by atoms with Crippen LogP contribution in [0.2, 0.25) is 0 Å². The van der Waals surface area contributed by atoms with Gasteiger partial charge in [0.2, 0.25) is 0 Å². The van der Waals surface area contributed by atoms with Crippen molar-refractivity contribution < 1.29 is 8.60 Å². The maximum absolute atomic E-state index is 12.9. The Kier molecular flexibility index (Phi) is 4.74. The Balaban J connectivity index is 1.60. The molecule has 4 nitrogen and oxygen atoms in total. The van der Waals surface area contributed by atoms with Crippen molar-refractivity contribution in [3.05, 3.63) is 53.4 Å². The number of rotatable bonds is 6. The Bertz CT molecular complexity index is 753. The van der Waals surface area contributed by atoms with Gasteiger partial charge in [-0.25, -0.2) is 9.37 Å². The number of nitrogens with one attached hydrogen (secondary N) is 1. The molecule has 1 N–H and O–H groups in total. The lowest BCUT2D eigenvalue weighted by Gasteiger charge is -1.98. The summed E-state index contributed by atoms with van der Waals surface area (Å²) in [5, 5.41) is 8.50. The van der Waals surface area contributed by atoms with Crippen LogP contribution in [0.3, 0.4) is 0 Å². The van der Waals surface area contributed by atoms with Crippen LogP contribution < -0.4 is 0 Å². The standard InChI is InChI=1S/C15H14FN3OS2/c16-13-5-3-12(4-6-13)14-10-21-15(19-14)22(20)7-1-2-11-8-17-18-9-11/h3-6,8-10H,1-2,7H2,(H,17,18). The van der Waals surface area contributed by atoms with E-state index in [1.807, 2.05) is 11.6 Å². The van der Waals surface area contributed by atoms with Gasteiger partial charge in [-0.3, -0.25) is 9.31 Å². The molecule has 0 radical (unpaired) electrons. The molecule has 3 aromatic rings. The average molecular weight is 335 g/mol. The van der Waals surface area contributed by atoms with Gasteiger partial charge in [0.1, 0.15) is 5.82 Å². The highest BCUT2D eigenvalue weighted by atomic mass is 32.2. The van der Waals surface area contributed by atoms with E-state index >= 15 is 0 Å². The number of aromatic nitrogens is 3. The van der Waals surface area contributed by atoms with E-state index in [4.69, 9.17) is 0 Å². The van der Waals surface area contributed by atoms with Gasteiger partial charge in [0.25, 0.3) is 0 Å². The van der Waals surface area contributed by atoms with Crippen LogP contribution in [0.1, 0.15) is 12.0 Å². The summed E-state index contributed by atoms with van der Waals surface area (Å²) >= 11 is 1.38. The summed E-state index contributed by atoms with van der Waals surface area (Å²) in [5.74, 6) is 0.295. The summed E-state index contributed by atoms with van der Waals surface area (Å²) in [7, 11) is -1.10. The van der Waals surface area contributed by atoms with E-state index in [0.29, 0.717) is 10.1 Å². The second kappa shape index (κ2) is 6.93. The van der Waals surface area contributed by atoms with Crippen LogP contribution in [0.15, 0.2) is 46.4 Å². The summed E-state index contributed by atoms with van der Waals surface area (Å²) in [4.78, 5) is 4.40. The maximum Gasteiger partial charge on any atom is 0.181 e. The van der Waals surface area contributed by atoms with Crippen molar-refractivity contribution in [3.8, 4) is 11.3 Å². The summed E-state index contributed by atoms with van der Waals surface area (Å²) in [5.41, 5.74) is 2.69. The van der Waals surface area contributed by atoms with Crippen molar-refractivity contribution in [2.75, 3.05) is 5.75 Å². The first-order valence-electron chi connectivity index (χ1n) is 6.80. The lowest BCUT2D eigenvalue weighted by molar-refractivity contribution is 0.628. The van der Waals surface area contributed by atoms with E-state index in [9.17, 15) is 8.60 Å². The van der Waals surface area contributed by atoms with Gasteiger partial charge in [-0.1, -0.05) is 0 Å². The number of hydrogen-bond donors (Lipinski definition) is 1. The highest BCUT2D eigenvalue weighted by molar-refractivity contribution is 7.87. The molecular weight excluding hydrogens is 321 g/mol. The lowest BCUT2D eigenvalue weighted by atomic mass is 10.2. The van der Waals surface area contributed by atoms with Crippen molar-refractivity contribution in [2.24, 2.45) is 0 Å². The van der Waals surface area contributed by atoms with Gasteiger partial charge in [-0.15, -0.1) is 11.3 Å². The Hall–Kier alpha value is -1.86. The first kappa shape index (κ1) is 15.1. The molecule has 22 heavy (non-hydrogen) atoms. The molecule has 0 fully saturated rings. The summed E-state index contributed by atoms with van der Waals surface area (Å²) < 4.78 is 25.8. The molecule has 0 aliphatic carbocycles. The smallest absolute Gasteiger partial charge is 0.181 e. The molecule has 0 saturated carbocycles. The number of aryl methyl sites for hydroxylation is 1. The molecule has 0 aliphatic heterocycles. The number of benzene rings is 1. The highest BCUT2D eigenvalue weighted by Gasteiger charge is 2.11. The van der Waals surface area contributed by atoms with E-state index in [1.165, 1.54) is 23.5 Å². The zero-order valence-electron chi connectivity index (χ0n) is 11.7. The molecule has 2 heterocycles. The fourth-order valence-electron chi connectivity index (χ4n) is 2.02. The van der Waals surface area contributed by atoms with E-state index in [0.717, 1.165) is 29.7 Å². The van der Waals surface area contributed by atoms with Gasteiger partial charge >= 0.3 is 0 Å². The monoisotopic (exact) mass is 335 g/mol. The van der Waals surface area contributed by atoms with Crippen LogP contribution in [0, 0.1) is 5.82 Å². The lowest BCUT2D eigenvalue weighted by Crippen LogP contribution is -1.99. The third-order valence-electron chi connectivity index (χ3n) is 3.17. The third kappa shape index (κ3) is 3.66. The van der Waals surface area contributed by atoms with Gasteiger partial charge in [0, 0.05) is 22.9 Å². The Morgan fingerprint density at radius 3 is 2.82 bits per heavy atom. The largest absolute Gasteiger partial charge is 0.285 e. The predicted octanol–water partition coefficient (Wildman–Crippen LogP) is 3.41. The van der Waals surface area contributed by atoms with Gasteiger partial charge in [-0.05, 0) is 42.7 Å². The molecule has 1 aromatic carbocycles. The Morgan fingerprint density at radius 1 is 1.27 bits per heavy atom. The zero-order chi connectivity index (χ0) is 15.4. The molecule has 0 amide bonds. The molecule has 3 rings (SSSR count). The number of hydrogen-bond acceptors (Lipinski definition) is 4. The number of aromatic amines is 1. The van der Waals surface area contributed by atoms with Crippen LogP contribution in [-0.4, -0.2) is 25.1 Å². The van der Waals surface area contributed by atoms with Crippen LogP contribution in [0.5, 0.6) is 0 Å². The van der Waals surface area contributed by atoms with Crippen LogP contribution in [0.25, 0.3) is 11.3 Å². The molecule has 0 saturated heterocycles. The van der Waals surface area contributed by atoms with Gasteiger partial charge in [0.15, 0.2) is 4.34 Å². The molecule has 7 heteroatoms. The first-order valence-corrected chi connectivity index (χ1v) is 9.00. The second-order valence-corrected chi connectivity index (χ2v) is 7.37. The third-order valence-corrected chi connectivity index (χ3v) is 5.79. The molecule has 1 unspecified atom stereocenters. The van der Waals surface area contributed by atoms with Gasteiger partial charge < -0.3 is 0 Å². The van der Waals surface area contributed by atoms with E-state index < -0.39 is 10.8 Å².